The van der Waals surface area contributed by atoms with Crippen LogP contribution in [-0.4, -0.2) is 28.0 Å². The summed E-state index contributed by atoms with van der Waals surface area (Å²) >= 11 is 0. The molecule has 5 nitrogen and oxygen atoms in total. The average Bonchev–Trinajstić information content (AvgIpc) is 2.36. The smallest absolute Gasteiger partial charge is 0.328 e. The summed E-state index contributed by atoms with van der Waals surface area (Å²) in [5, 5.41) is 11.4. The van der Waals surface area contributed by atoms with Crippen molar-refractivity contribution in [3.05, 3.63) is 35.7 Å². The van der Waals surface area contributed by atoms with Crippen molar-refractivity contribution in [1.82, 2.24) is 10.3 Å². The van der Waals surface area contributed by atoms with Crippen LogP contribution in [0.3, 0.4) is 0 Å². The Morgan fingerprint density at radius 2 is 2.28 bits per heavy atom. The third-order valence-electron chi connectivity index (χ3n) is 2.49. The Labute approximate surface area is 106 Å². The van der Waals surface area contributed by atoms with Crippen LogP contribution >= 0.6 is 0 Å². The van der Waals surface area contributed by atoms with Crippen LogP contribution in [0, 0.1) is 0 Å². The number of carbonyl (C=O) groups excluding carboxylic acids is 1. The highest BCUT2D eigenvalue weighted by molar-refractivity contribution is 5.98. The van der Waals surface area contributed by atoms with Crippen molar-refractivity contribution in [2.75, 3.05) is 0 Å². The molecular formula is C13H16N2O3. The van der Waals surface area contributed by atoms with Gasteiger partial charge in [-0.3, -0.25) is 9.78 Å². The van der Waals surface area contributed by atoms with Gasteiger partial charge in [0.05, 0.1) is 0 Å². The van der Waals surface area contributed by atoms with Gasteiger partial charge >= 0.3 is 5.97 Å². The van der Waals surface area contributed by atoms with E-state index in [0.717, 1.165) is 12.5 Å². The Bertz CT molecular complexity index is 469. The Kier molecular flexibility index (Phi) is 5.05. The normalized spacial score (nSPS) is 12.3. The van der Waals surface area contributed by atoms with Gasteiger partial charge in [0, 0.05) is 35.6 Å². The fraction of sp³-hybridized carbons (Fsp3) is 0.308. The summed E-state index contributed by atoms with van der Waals surface area (Å²) in [5.74, 6) is -1.29. The molecule has 18 heavy (non-hydrogen) atoms. The highest BCUT2D eigenvalue weighted by Crippen LogP contribution is 2.09. The van der Waals surface area contributed by atoms with Crippen molar-refractivity contribution in [1.29, 1.82) is 0 Å². The monoisotopic (exact) mass is 248 g/mol. The third kappa shape index (κ3) is 4.01. The zero-order valence-corrected chi connectivity index (χ0v) is 10.4. The minimum absolute atomic E-state index is 0.0713. The SMILES string of the molecule is CCC(C)NC(=O)c1ccncc1C=CC(=O)O. The van der Waals surface area contributed by atoms with E-state index >= 15 is 0 Å². The number of rotatable bonds is 5. The second-order valence-corrected chi connectivity index (χ2v) is 3.92. The van der Waals surface area contributed by atoms with Crippen LogP contribution < -0.4 is 5.32 Å². The molecule has 0 fully saturated rings. The molecule has 96 valence electrons. The molecule has 0 radical (unpaired) electrons. The summed E-state index contributed by atoms with van der Waals surface area (Å²) in [6.07, 6.45) is 6.14. The molecular weight excluding hydrogens is 232 g/mol. The zero-order valence-electron chi connectivity index (χ0n) is 10.4. The van der Waals surface area contributed by atoms with Crippen LogP contribution in [0.5, 0.6) is 0 Å². The lowest BCUT2D eigenvalue weighted by Gasteiger charge is -2.12. The van der Waals surface area contributed by atoms with Gasteiger partial charge in [-0.25, -0.2) is 4.79 Å². The van der Waals surface area contributed by atoms with E-state index in [4.69, 9.17) is 5.11 Å². The average molecular weight is 248 g/mol. The number of carbonyl (C=O) groups is 2. The van der Waals surface area contributed by atoms with E-state index in [2.05, 4.69) is 10.3 Å². The molecule has 0 aliphatic rings. The molecule has 0 aliphatic carbocycles. The molecule has 1 amide bonds. The second-order valence-electron chi connectivity index (χ2n) is 3.92. The van der Waals surface area contributed by atoms with Gasteiger partial charge in [0.15, 0.2) is 0 Å². The predicted octanol–water partition coefficient (Wildman–Crippen LogP) is 1.71. The van der Waals surface area contributed by atoms with Crippen LogP contribution in [0.4, 0.5) is 0 Å². The molecule has 2 N–H and O–H groups in total. The Morgan fingerprint density at radius 1 is 1.56 bits per heavy atom. The second kappa shape index (κ2) is 6.54. The van der Waals surface area contributed by atoms with Crippen molar-refractivity contribution < 1.29 is 14.7 Å². The van der Waals surface area contributed by atoms with Crippen LogP contribution in [0.25, 0.3) is 6.08 Å². The number of hydrogen-bond acceptors (Lipinski definition) is 3. The first-order chi connectivity index (χ1) is 8.54. The first kappa shape index (κ1) is 13.9. The summed E-state index contributed by atoms with van der Waals surface area (Å²) in [5.41, 5.74) is 0.906. The minimum atomic E-state index is -1.06. The molecule has 0 saturated heterocycles. The lowest BCUT2D eigenvalue weighted by atomic mass is 10.1. The molecule has 1 atom stereocenters. The molecule has 1 aromatic rings. The molecule has 0 bridgehead atoms. The fourth-order valence-electron chi connectivity index (χ4n) is 1.31. The van der Waals surface area contributed by atoms with E-state index in [1.165, 1.54) is 18.5 Å². The van der Waals surface area contributed by atoms with Crippen LogP contribution in [0.1, 0.15) is 36.2 Å². The topological polar surface area (TPSA) is 79.3 Å². The first-order valence-corrected chi connectivity index (χ1v) is 5.70. The number of hydrogen-bond donors (Lipinski definition) is 2. The lowest BCUT2D eigenvalue weighted by molar-refractivity contribution is -0.131. The number of nitrogens with one attached hydrogen (secondary N) is 1. The summed E-state index contributed by atoms with van der Waals surface area (Å²) in [6.45, 7) is 3.88. The quantitative estimate of drug-likeness (QED) is 0.777. The molecule has 1 heterocycles. The summed E-state index contributed by atoms with van der Waals surface area (Å²) < 4.78 is 0. The van der Waals surface area contributed by atoms with Crippen molar-refractivity contribution in [2.24, 2.45) is 0 Å². The van der Waals surface area contributed by atoms with Crippen molar-refractivity contribution >= 4 is 18.0 Å². The number of aromatic nitrogens is 1. The number of carboxylic acid groups (broad SMARTS) is 1. The maximum absolute atomic E-state index is 12.0. The highest BCUT2D eigenvalue weighted by atomic mass is 16.4. The van der Waals surface area contributed by atoms with E-state index in [1.54, 1.807) is 6.07 Å². The highest BCUT2D eigenvalue weighted by Gasteiger charge is 2.11. The van der Waals surface area contributed by atoms with E-state index < -0.39 is 5.97 Å². The number of aliphatic carboxylic acids is 1. The van der Waals surface area contributed by atoms with Crippen LogP contribution in [0.2, 0.25) is 0 Å². The van der Waals surface area contributed by atoms with E-state index in [9.17, 15) is 9.59 Å². The Hall–Kier alpha value is -2.17. The van der Waals surface area contributed by atoms with Crippen molar-refractivity contribution in [3.63, 3.8) is 0 Å². The molecule has 0 saturated carbocycles. The minimum Gasteiger partial charge on any atom is -0.478 e. The van der Waals surface area contributed by atoms with Gasteiger partial charge in [0.2, 0.25) is 0 Å². The number of pyridine rings is 1. The summed E-state index contributed by atoms with van der Waals surface area (Å²) in [4.78, 5) is 26.3. The lowest BCUT2D eigenvalue weighted by Crippen LogP contribution is -2.32. The molecule has 0 aromatic carbocycles. The summed E-state index contributed by atoms with van der Waals surface area (Å²) in [6, 6.07) is 1.64. The van der Waals surface area contributed by atoms with Gasteiger partial charge < -0.3 is 10.4 Å². The molecule has 0 spiro atoms. The van der Waals surface area contributed by atoms with Crippen molar-refractivity contribution in [3.8, 4) is 0 Å². The van der Waals surface area contributed by atoms with Gasteiger partial charge in [-0.05, 0) is 25.5 Å². The largest absolute Gasteiger partial charge is 0.478 e. The van der Waals surface area contributed by atoms with Gasteiger partial charge in [-0.2, -0.15) is 0 Å². The fourth-order valence-corrected chi connectivity index (χ4v) is 1.31. The Morgan fingerprint density at radius 3 is 2.89 bits per heavy atom. The van der Waals surface area contributed by atoms with Gasteiger partial charge in [0.1, 0.15) is 0 Å². The first-order valence-electron chi connectivity index (χ1n) is 5.70. The number of nitrogens with zero attached hydrogens (tertiary/aromatic N) is 1. The summed E-state index contributed by atoms with van der Waals surface area (Å²) in [7, 11) is 0. The standard InChI is InChI=1S/C13H16N2O3/c1-3-9(2)15-13(18)11-6-7-14-8-10(11)4-5-12(16)17/h4-9H,3H2,1-2H3,(H,15,18)(H,16,17). The predicted molar refractivity (Wildman–Crippen MR) is 68.1 cm³/mol. The molecule has 0 aliphatic heterocycles. The zero-order chi connectivity index (χ0) is 13.5. The van der Waals surface area contributed by atoms with E-state index in [1.807, 2.05) is 13.8 Å². The maximum atomic E-state index is 12.0. The van der Waals surface area contributed by atoms with Gasteiger partial charge in [-0.15, -0.1) is 0 Å². The van der Waals surface area contributed by atoms with Gasteiger partial charge in [0.25, 0.3) is 5.91 Å². The third-order valence-corrected chi connectivity index (χ3v) is 2.49. The Balaban J connectivity index is 2.94. The van der Waals surface area contributed by atoms with Gasteiger partial charge in [-0.1, -0.05) is 6.92 Å². The van der Waals surface area contributed by atoms with E-state index in [-0.39, 0.29) is 11.9 Å². The number of amides is 1. The molecule has 5 heteroatoms. The number of carboxylic acids is 1. The van der Waals surface area contributed by atoms with E-state index in [0.29, 0.717) is 11.1 Å². The molecule has 1 rings (SSSR count). The molecule has 1 aromatic heterocycles. The molecule has 1 unspecified atom stereocenters. The van der Waals surface area contributed by atoms with Crippen LogP contribution in [-0.2, 0) is 4.79 Å². The maximum Gasteiger partial charge on any atom is 0.328 e. The van der Waals surface area contributed by atoms with Crippen molar-refractivity contribution in [2.45, 2.75) is 26.3 Å². The van der Waals surface area contributed by atoms with Crippen LogP contribution in [0.15, 0.2) is 24.5 Å².